The first-order chi connectivity index (χ1) is 9.85. The van der Waals surface area contributed by atoms with Gasteiger partial charge in [0, 0.05) is 43.3 Å². The summed E-state index contributed by atoms with van der Waals surface area (Å²) in [5.41, 5.74) is 2.73. The average molecular weight is 275 g/mol. The van der Waals surface area contributed by atoms with Crippen LogP contribution in [0.2, 0.25) is 0 Å². The number of hydrogen-bond acceptors (Lipinski definition) is 3. The van der Waals surface area contributed by atoms with Gasteiger partial charge in [-0.15, -0.1) is 0 Å². The molecule has 1 aromatic rings. The Morgan fingerprint density at radius 1 is 1.25 bits per heavy atom. The maximum Gasteiger partial charge on any atom is 0.0442 e. The summed E-state index contributed by atoms with van der Waals surface area (Å²) in [7, 11) is 0. The van der Waals surface area contributed by atoms with Gasteiger partial charge in [-0.25, -0.2) is 0 Å². The van der Waals surface area contributed by atoms with Crippen LogP contribution in [0.15, 0.2) is 18.5 Å². The molecule has 0 amide bonds. The van der Waals surface area contributed by atoms with E-state index in [4.69, 9.17) is 0 Å². The van der Waals surface area contributed by atoms with E-state index in [1.165, 1.54) is 56.4 Å². The normalized spacial score (nSPS) is 16.6. The van der Waals surface area contributed by atoms with Crippen LogP contribution in [-0.4, -0.2) is 24.6 Å². The molecule has 1 aliphatic rings. The van der Waals surface area contributed by atoms with Crippen molar-refractivity contribution in [1.29, 1.82) is 0 Å². The first kappa shape index (κ1) is 15.3. The molecule has 2 rings (SSSR count). The van der Waals surface area contributed by atoms with Gasteiger partial charge in [0.15, 0.2) is 0 Å². The Morgan fingerprint density at radius 3 is 2.75 bits per heavy atom. The van der Waals surface area contributed by atoms with Crippen LogP contribution >= 0.6 is 0 Å². The van der Waals surface area contributed by atoms with E-state index in [-0.39, 0.29) is 0 Å². The van der Waals surface area contributed by atoms with Crippen molar-refractivity contribution in [1.82, 2.24) is 10.3 Å². The number of rotatable bonds is 7. The number of anilines is 1. The SMILES string of the molecule is CCCNCc1cnccc1N1CCC(CCC)CC1. The van der Waals surface area contributed by atoms with Crippen LogP contribution in [0.5, 0.6) is 0 Å². The van der Waals surface area contributed by atoms with E-state index in [2.05, 4.69) is 35.1 Å². The summed E-state index contributed by atoms with van der Waals surface area (Å²) >= 11 is 0. The Labute approximate surface area is 123 Å². The number of aromatic nitrogens is 1. The molecule has 20 heavy (non-hydrogen) atoms. The van der Waals surface area contributed by atoms with E-state index in [0.29, 0.717) is 0 Å². The Hall–Kier alpha value is -1.09. The van der Waals surface area contributed by atoms with E-state index >= 15 is 0 Å². The van der Waals surface area contributed by atoms with Crippen molar-refractivity contribution in [2.45, 2.75) is 52.5 Å². The van der Waals surface area contributed by atoms with Gasteiger partial charge in [-0.2, -0.15) is 0 Å². The lowest BCUT2D eigenvalue weighted by molar-refractivity contribution is 0.378. The molecule has 1 N–H and O–H groups in total. The molecule has 0 unspecified atom stereocenters. The summed E-state index contributed by atoms with van der Waals surface area (Å²) < 4.78 is 0. The monoisotopic (exact) mass is 275 g/mol. The molecule has 0 aliphatic carbocycles. The second-order valence-corrected chi connectivity index (χ2v) is 5.90. The highest BCUT2D eigenvalue weighted by Crippen LogP contribution is 2.27. The summed E-state index contributed by atoms with van der Waals surface area (Å²) in [5.74, 6) is 0.944. The van der Waals surface area contributed by atoms with Crippen molar-refractivity contribution in [3.05, 3.63) is 24.0 Å². The predicted octanol–water partition coefficient (Wildman–Crippen LogP) is 3.60. The minimum Gasteiger partial charge on any atom is -0.371 e. The average Bonchev–Trinajstić information content (AvgIpc) is 2.49. The number of nitrogens with one attached hydrogen (secondary N) is 1. The largest absolute Gasteiger partial charge is 0.371 e. The first-order valence-electron chi connectivity index (χ1n) is 8.23. The van der Waals surface area contributed by atoms with Crippen molar-refractivity contribution in [2.24, 2.45) is 5.92 Å². The van der Waals surface area contributed by atoms with Gasteiger partial charge < -0.3 is 10.2 Å². The van der Waals surface area contributed by atoms with Gasteiger partial charge in [-0.3, -0.25) is 4.98 Å². The van der Waals surface area contributed by atoms with Crippen LogP contribution in [0, 0.1) is 5.92 Å². The minimum atomic E-state index is 0.936. The fourth-order valence-corrected chi connectivity index (χ4v) is 3.14. The second kappa shape index (κ2) is 8.25. The smallest absolute Gasteiger partial charge is 0.0442 e. The van der Waals surface area contributed by atoms with Crippen molar-refractivity contribution in [2.75, 3.05) is 24.5 Å². The maximum absolute atomic E-state index is 4.30. The van der Waals surface area contributed by atoms with Gasteiger partial charge in [-0.1, -0.05) is 26.7 Å². The second-order valence-electron chi connectivity index (χ2n) is 5.90. The summed E-state index contributed by atoms with van der Waals surface area (Å²) in [4.78, 5) is 6.85. The van der Waals surface area contributed by atoms with E-state index in [0.717, 1.165) is 19.0 Å². The van der Waals surface area contributed by atoms with Crippen molar-refractivity contribution in [3.63, 3.8) is 0 Å². The minimum absolute atomic E-state index is 0.936. The summed E-state index contributed by atoms with van der Waals surface area (Å²) in [6, 6.07) is 2.18. The molecule has 2 heterocycles. The third kappa shape index (κ3) is 4.20. The van der Waals surface area contributed by atoms with Crippen molar-refractivity contribution in [3.8, 4) is 0 Å². The highest BCUT2D eigenvalue weighted by Gasteiger charge is 2.20. The highest BCUT2D eigenvalue weighted by molar-refractivity contribution is 5.52. The maximum atomic E-state index is 4.30. The van der Waals surface area contributed by atoms with E-state index in [1.807, 2.05) is 12.4 Å². The van der Waals surface area contributed by atoms with Crippen molar-refractivity contribution < 1.29 is 0 Å². The quantitative estimate of drug-likeness (QED) is 0.771. The molecule has 0 radical (unpaired) electrons. The molecular formula is C17H29N3. The lowest BCUT2D eigenvalue weighted by Crippen LogP contribution is -2.34. The molecule has 3 nitrogen and oxygen atoms in total. The third-order valence-corrected chi connectivity index (χ3v) is 4.27. The molecular weight excluding hydrogens is 246 g/mol. The number of nitrogens with zero attached hydrogens (tertiary/aromatic N) is 2. The third-order valence-electron chi connectivity index (χ3n) is 4.27. The van der Waals surface area contributed by atoms with Crippen LogP contribution in [0.25, 0.3) is 0 Å². The van der Waals surface area contributed by atoms with Gasteiger partial charge in [0.05, 0.1) is 0 Å². The van der Waals surface area contributed by atoms with Crippen LogP contribution in [0.4, 0.5) is 5.69 Å². The molecule has 112 valence electrons. The standard InChI is InChI=1S/C17H29N3/c1-3-5-15-7-11-20(12-8-15)17-6-10-19-14-16(17)13-18-9-4-2/h6,10,14-15,18H,3-5,7-9,11-13H2,1-2H3. The zero-order valence-electron chi connectivity index (χ0n) is 13.1. The molecule has 0 atom stereocenters. The Bertz CT molecular complexity index is 384. The van der Waals surface area contributed by atoms with Gasteiger partial charge in [-0.05, 0) is 37.8 Å². The number of hydrogen-bond donors (Lipinski definition) is 1. The summed E-state index contributed by atoms with van der Waals surface area (Å²) in [6.45, 7) is 8.92. The molecule has 1 fully saturated rings. The van der Waals surface area contributed by atoms with E-state index < -0.39 is 0 Å². The Balaban J connectivity index is 1.95. The molecule has 1 aromatic heterocycles. The van der Waals surface area contributed by atoms with E-state index in [9.17, 15) is 0 Å². The molecule has 1 aliphatic heterocycles. The highest BCUT2D eigenvalue weighted by atomic mass is 15.1. The van der Waals surface area contributed by atoms with Crippen molar-refractivity contribution >= 4 is 5.69 Å². The van der Waals surface area contributed by atoms with Gasteiger partial charge in [0.1, 0.15) is 0 Å². The molecule has 3 heteroatoms. The Kier molecular flexibility index (Phi) is 6.31. The topological polar surface area (TPSA) is 28.2 Å². The fraction of sp³-hybridized carbons (Fsp3) is 0.706. The van der Waals surface area contributed by atoms with Gasteiger partial charge >= 0.3 is 0 Å². The number of piperidine rings is 1. The molecule has 0 aromatic carbocycles. The number of pyridine rings is 1. The summed E-state index contributed by atoms with van der Waals surface area (Å²) in [6.07, 6.45) is 10.5. The molecule has 0 bridgehead atoms. The van der Waals surface area contributed by atoms with Crippen LogP contribution in [0.3, 0.4) is 0 Å². The zero-order valence-corrected chi connectivity index (χ0v) is 13.1. The summed E-state index contributed by atoms with van der Waals surface area (Å²) in [5, 5.41) is 3.49. The lowest BCUT2D eigenvalue weighted by atomic mass is 9.92. The zero-order chi connectivity index (χ0) is 14.2. The predicted molar refractivity (Wildman–Crippen MR) is 86.1 cm³/mol. The van der Waals surface area contributed by atoms with Crippen LogP contribution < -0.4 is 10.2 Å². The van der Waals surface area contributed by atoms with Gasteiger partial charge in [0.25, 0.3) is 0 Å². The molecule has 1 saturated heterocycles. The Morgan fingerprint density at radius 2 is 2.05 bits per heavy atom. The van der Waals surface area contributed by atoms with Crippen LogP contribution in [-0.2, 0) is 6.54 Å². The molecule has 0 saturated carbocycles. The first-order valence-corrected chi connectivity index (χ1v) is 8.23. The molecule has 0 spiro atoms. The fourth-order valence-electron chi connectivity index (χ4n) is 3.14. The van der Waals surface area contributed by atoms with Crippen LogP contribution in [0.1, 0.15) is 51.5 Å². The van der Waals surface area contributed by atoms with Gasteiger partial charge in [0.2, 0.25) is 0 Å². The van der Waals surface area contributed by atoms with E-state index in [1.54, 1.807) is 0 Å². The lowest BCUT2D eigenvalue weighted by Gasteiger charge is -2.34.